The molecule has 1 aromatic rings. The smallest absolute Gasteiger partial charge is 0.307 e. The lowest BCUT2D eigenvalue weighted by molar-refractivity contribution is -0.136. The van der Waals surface area contributed by atoms with Crippen LogP contribution >= 0.6 is 22.6 Å². The normalized spacial score (nSPS) is 10.2. The van der Waals surface area contributed by atoms with Gasteiger partial charge in [0.15, 0.2) is 5.69 Å². The van der Waals surface area contributed by atoms with Crippen LogP contribution in [0.4, 0.5) is 8.78 Å². The highest BCUT2D eigenvalue weighted by atomic mass is 127. The van der Waals surface area contributed by atoms with Crippen LogP contribution in [0.15, 0.2) is 6.20 Å². The first-order valence-corrected chi connectivity index (χ1v) is 5.12. The summed E-state index contributed by atoms with van der Waals surface area (Å²) in [5, 5.41) is 17.3. The zero-order valence-electron chi connectivity index (χ0n) is 7.75. The van der Waals surface area contributed by atoms with Crippen LogP contribution in [0.2, 0.25) is 0 Å². The summed E-state index contributed by atoms with van der Waals surface area (Å²) in [6, 6.07) is 1.72. The molecular formula is C9H5F2IN2O2. The van der Waals surface area contributed by atoms with E-state index in [-0.39, 0.29) is 14.8 Å². The van der Waals surface area contributed by atoms with E-state index < -0.39 is 24.4 Å². The van der Waals surface area contributed by atoms with E-state index in [0.717, 1.165) is 6.20 Å². The summed E-state index contributed by atoms with van der Waals surface area (Å²) >= 11 is 1.65. The molecule has 0 amide bonds. The van der Waals surface area contributed by atoms with E-state index in [1.54, 1.807) is 28.7 Å². The number of nitriles is 1. The minimum atomic E-state index is -2.80. The van der Waals surface area contributed by atoms with Gasteiger partial charge in [0, 0.05) is 11.8 Å². The number of carbonyl (C=O) groups is 1. The van der Waals surface area contributed by atoms with Gasteiger partial charge in [0.05, 0.1) is 9.99 Å². The molecule has 0 saturated heterocycles. The standard InChI is InChI=1S/C9H5F2IN2O2/c10-9(11)5-3-14-6(2-13)8(12)4(5)1-7(15)16/h3,9H,1H2,(H,15,16). The highest BCUT2D eigenvalue weighted by Gasteiger charge is 2.20. The molecule has 0 unspecified atom stereocenters. The lowest BCUT2D eigenvalue weighted by Crippen LogP contribution is -2.09. The maximum atomic E-state index is 12.6. The van der Waals surface area contributed by atoms with Crippen molar-refractivity contribution in [1.82, 2.24) is 4.98 Å². The molecule has 1 N–H and O–H groups in total. The number of carboxylic acids is 1. The fourth-order valence-corrected chi connectivity index (χ4v) is 1.90. The maximum Gasteiger partial charge on any atom is 0.307 e. The molecule has 1 aromatic heterocycles. The lowest BCUT2D eigenvalue weighted by atomic mass is 10.1. The van der Waals surface area contributed by atoms with Crippen LogP contribution in [0.25, 0.3) is 0 Å². The van der Waals surface area contributed by atoms with Gasteiger partial charge in [-0.2, -0.15) is 5.26 Å². The van der Waals surface area contributed by atoms with Gasteiger partial charge < -0.3 is 5.11 Å². The first kappa shape index (κ1) is 12.8. The maximum absolute atomic E-state index is 12.6. The Morgan fingerprint density at radius 2 is 2.31 bits per heavy atom. The van der Waals surface area contributed by atoms with E-state index in [1.807, 2.05) is 0 Å². The molecule has 0 fully saturated rings. The molecule has 0 atom stereocenters. The van der Waals surface area contributed by atoms with Gasteiger partial charge in [0.1, 0.15) is 6.07 Å². The van der Waals surface area contributed by atoms with Crippen molar-refractivity contribution in [3.05, 3.63) is 26.6 Å². The summed E-state index contributed by atoms with van der Waals surface area (Å²) in [5.41, 5.74) is -0.526. The first-order valence-electron chi connectivity index (χ1n) is 4.04. The van der Waals surface area contributed by atoms with Crippen LogP contribution in [-0.4, -0.2) is 16.1 Å². The third-order valence-corrected chi connectivity index (χ3v) is 2.99. The van der Waals surface area contributed by atoms with Crippen LogP contribution in [0.3, 0.4) is 0 Å². The summed E-state index contributed by atoms with van der Waals surface area (Å²) < 4.78 is 25.3. The van der Waals surface area contributed by atoms with Crippen molar-refractivity contribution < 1.29 is 18.7 Å². The highest BCUT2D eigenvalue weighted by molar-refractivity contribution is 14.1. The summed E-state index contributed by atoms with van der Waals surface area (Å²) in [6.07, 6.45) is -2.50. The molecule has 4 nitrogen and oxygen atoms in total. The number of halogens is 3. The molecule has 7 heteroatoms. The van der Waals surface area contributed by atoms with Gasteiger partial charge in [-0.3, -0.25) is 4.79 Å². The number of aromatic nitrogens is 1. The van der Waals surface area contributed by atoms with Crippen molar-refractivity contribution in [3.63, 3.8) is 0 Å². The Bertz CT molecular complexity index is 471. The van der Waals surface area contributed by atoms with Crippen LogP contribution in [-0.2, 0) is 11.2 Å². The molecule has 0 aliphatic heterocycles. The Hall–Kier alpha value is -1.30. The van der Waals surface area contributed by atoms with Gasteiger partial charge in [-0.1, -0.05) is 0 Å². The van der Waals surface area contributed by atoms with Crippen molar-refractivity contribution in [2.24, 2.45) is 0 Å². The molecule has 0 spiro atoms. The molecule has 0 radical (unpaired) electrons. The van der Waals surface area contributed by atoms with Gasteiger partial charge in [-0.25, -0.2) is 13.8 Å². The van der Waals surface area contributed by atoms with Gasteiger partial charge in [0.2, 0.25) is 0 Å². The Kier molecular flexibility index (Phi) is 4.12. The van der Waals surface area contributed by atoms with Crippen molar-refractivity contribution in [3.8, 4) is 6.07 Å². The van der Waals surface area contributed by atoms with E-state index in [4.69, 9.17) is 10.4 Å². The molecule has 0 aliphatic rings. The van der Waals surface area contributed by atoms with E-state index >= 15 is 0 Å². The first-order chi connectivity index (χ1) is 7.47. The zero-order valence-corrected chi connectivity index (χ0v) is 9.90. The van der Waals surface area contributed by atoms with E-state index in [2.05, 4.69) is 4.98 Å². The fourth-order valence-electron chi connectivity index (χ4n) is 1.14. The average Bonchev–Trinajstić information content (AvgIpc) is 2.19. The van der Waals surface area contributed by atoms with Crippen molar-refractivity contribution in [1.29, 1.82) is 5.26 Å². The Labute approximate surface area is 103 Å². The second-order valence-corrected chi connectivity index (χ2v) is 3.92. The van der Waals surface area contributed by atoms with E-state index in [9.17, 15) is 13.6 Å². The Balaban J connectivity index is 3.37. The van der Waals surface area contributed by atoms with Gasteiger partial charge in [-0.15, -0.1) is 0 Å². The molecule has 16 heavy (non-hydrogen) atoms. The number of pyridine rings is 1. The van der Waals surface area contributed by atoms with Crippen LogP contribution in [0, 0.1) is 14.9 Å². The number of carboxylic acid groups (broad SMARTS) is 1. The monoisotopic (exact) mass is 338 g/mol. The molecule has 0 aromatic carbocycles. The average molecular weight is 338 g/mol. The van der Waals surface area contributed by atoms with Crippen LogP contribution in [0.5, 0.6) is 0 Å². The number of hydrogen-bond donors (Lipinski definition) is 1. The molecule has 0 aliphatic carbocycles. The summed E-state index contributed by atoms with van der Waals surface area (Å²) in [7, 11) is 0. The molecule has 0 saturated carbocycles. The number of nitrogens with zero attached hydrogens (tertiary/aromatic N) is 2. The second-order valence-electron chi connectivity index (χ2n) is 2.84. The Morgan fingerprint density at radius 3 is 2.75 bits per heavy atom. The number of aliphatic carboxylic acids is 1. The van der Waals surface area contributed by atoms with E-state index in [1.165, 1.54) is 0 Å². The number of rotatable bonds is 3. The van der Waals surface area contributed by atoms with Gasteiger partial charge in [0.25, 0.3) is 6.43 Å². The van der Waals surface area contributed by atoms with Crippen molar-refractivity contribution in [2.45, 2.75) is 12.8 Å². The number of alkyl halides is 2. The predicted octanol–water partition coefficient (Wildman–Crippen LogP) is 2.12. The fraction of sp³-hybridized carbons (Fsp3) is 0.222. The van der Waals surface area contributed by atoms with Crippen molar-refractivity contribution in [2.75, 3.05) is 0 Å². The van der Waals surface area contributed by atoms with Crippen molar-refractivity contribution >= 4 is 28.6 Å². The van der Waals surface area contributed by atoms with Gasteiger partial charge >= 0.3 is 5.97 Å². The third-order valence-electron chi connectivity index (χ3n) is 1.82. The SMILES string of the molecule is N#Cc1ncc(C(F)F)c(CC(=O)O)c1I. The molecular weight excluding hydrogens is 333 g/mol. The van der Waals surface area contributed by atoms with Crippen LogP contribution in [0.1, 0.15) is 23.2 Å². The molecule has 0 bridgehead atoms. The number of hydrogen-bond acceptors (Lipinski definition) is 3. The highest BCUT2D eigenvalue weighted by Crippen LogP contribution is 2.27. The summed E-state index contributed by atoms with van der Waals surface area (Å²) in [6.45, 7) is 0. The summed E-state index contributed by atoms with van der Waals surface area (Å²) in [4.78, 5) is 14.1. The molecule has 1 rings (SSSR count). The summed E-state index contributed by atoms with van der Waals surface area (Å²) in [5.74, 6) is -1.23. The Morgan fingerprint density at radius 1 is 1.69 bits per heavy atom. The third kappa shape index (κ3) is 2.63. The topological polar surface area (TPSA) is 74.0 Å². The molecule has 84 valence electrons. The minimum absolute atomic E-state index is 0.0405. The minimum Gasteiger partial charge on any atom is -0.481 e. The lowest BCUT2D eigenvalue weighted by Gasteiger charge is -2.09. The molecule has 1 heterocycles. The predicted molar refractivity (Wildman–Crippen MR) is 58.0 cm³/mol. The van der Waals surface area contributed by atoms with Crippen LogP contribution < -0.4 is 0 Å². The quantitative estimate of drug-likeness (QED) is 0.857. The second kappa shape index (κ2) is 5.16. The largest absolute Gasteiger partial charge is 0.481 e. The van der Waals surface area contributed by atoms with E-state index in [0.29, 0.717) is 0 Å². The van der Waals surface area contributed by atoms with Gasteiger partial charge in [-0.05, 0) is 28.2 Å². The zero-order chi connectivity index (χ0) is 12.3.